The molecule has 0 rings (SSSR count). The smallest absolute Gasteiger partial charge is 0.315 e. The number of nitrogens with zero attached hydrogens (tertiary/aromatic N) is 2. The Balaban J connectivity index is 4.12. The summed E-state index contributed by atoms with van der Waals surface area (Å²) in [5, 5.41) is 0.168. The standard InChI is InChI=1S/C12H23N3O2S/c1-5-15(6-2)7-8-18-12(13)14-11(17)10(16)9(3)4/h9H,5-8H2,1-4H3,(H2,13,14,17). The quantitative estimate of drug-likeness (QED) is 0.427. The number of carbonyl (C=O) groups excluding carboxylic acids is 2. The van der Waals surface area contributed by atoms with Gasteiger partial charge in [-0.05, 0) is 13.1 Å². The topological polar surface area (TPSA) is 75.8 Å². The minimum Gasteiger partial charge on any atom is -0.378 e. The predicted molar refractivity (Wildman–Crippen MR) is 76.7 cm³/mol. The maximum atomic E-state index is 11.4. The monoisotopic (exact) mass is 273 g/mol. The van der Waals surface area contributed by atoms with E-state index in [4.69, 9.17) is 5.73 Å². The molecule has 0 aromatic rings. The third kappa shape index (κ3) is 6.76. The van der Waals surface area contributed by atoms with Gasteiger partial charge in [0.25, 0.3) is 0 Å². The molecule has 0 heterocycles. The molecule has 104 valence electrons. The van der Waals surface area contributed by atoms with Gasteiger partial charge in [-0.2, -0.15) is 4.99 Å². The molecule has 1 amide bonds. The average molecular weight is 273 g/mol. The van der Waals surface area contributed by atoms with Crippen molar-refractivity contribution in [3.8, 4) is 0 Å². The van der Waals surface area contributed by atoms with Crippen LogP contribution in [-0.4, -0.2) is 47.1 Å². The number of nitrogens with two attached hydrogens (primary N) is 1. The zero-order valence-corrected chi connectivity index (χ0v) is 12.4. The number of amidine groups is 1. The number of hydrogen-bond acceptors (Lipinski definition) is 4. The van der Waals surface area contributed by atoms with Crippen LogP contribution in [0.15, 0.2) is 4.99 Å². The number of hydrogen-bond donors (Lipinski definition) is 1. The predicted octanol–water partition coefficient (Wildman–Crippen LogP) is 1.13. The van der Waals surface area contributed by atoms with Crippen molar-refractivity contribution >= 4 is 28.6 Å². The van der Waals surface area contributed by atoms with Crippen molar-refractivity contribution in [1.29, 1.82) is 0 Å². The van der Waals surface area contributed by atoms with Gasteiger partial charge in [-0.15, -0.1) is 0 Å². The van der Waals surface area contributed by atoms with E-state index in [1.54, 1.807) is 13.8 Å². The van der Waals surface area contributed by atoms with Crippen molar-refractivity contribution in [2.45, 2.75) is 27.7 Å². The number of thioether (sulfide) groups is 1. The van der Waals surface area contributed by atoms with E-state index in [0.29, 0.717) is 0 Å². The van der Waals surface area contributed by atoms with Gasteiger partial charge in [-0.25, -0.2) is 0 Å². The molecule has 0 aromatic heterocycles. The molecule has 0 saturated carbocycles. The van der Waals surface area contributed by atoms with Crippen molar-refractivity contribution in [2.24, 2.45) is 16.6 Å². The van der Waals surface area contributed by atoms with Crippen molar-refractivity contribution < 1.29 is 9.59 Å². The molecular weight excluding hydrogens is 250 g/mol. The molecule has 0 spiro atoms. The van der Waals surface area contributed by atoms with Gasteiger partial charge in [0.05, 0.1) is 0 Å². The van der Waals surface area contributed by atoms with Crippen molar-refractivity contribution in [1.82, 2.24) is 4.90 Å². The van der Waals surface area contributed by atoms with E-state index in [-0.39, 0.29) is 11.1 Å². The van der Waals surface area contributed by atoms with Crippen LogP contribution in [0.1, 0.15) is 27.7 Å². The first-order valence-corrected chi connectivity index (χ1v) is 7.18. The molecule has 0 aliphatic heterocycles. The van der Waals surface area contributed by atoms with Gasteiger partial charge in [-0.1, -0.05) is 39.5 Å². The maximum Gasteiger partial charge on any atom is 0.315 e. The Morgan fingerprint density at radius 3 is 2.28 bits per heavy atom. The summed E-state index contributed by atoms with van der Waals surface area (Å²) in [6.07, 6.45) is 0. The SMILES string of the molecule is CCN(CC)CCSC(N)=NC(=O)C(=O)C(C)C. The summed E-state index contributed by atoms with van der Waals surface area (Å²) in [7, 11) is 0. The van der Waals surface area contributed by atoms with Gasteiger partial charge < -0.3 is 10.6 Å². The van der Waals surface area contributed by atoms with E-state index >= 15 is 0 Å². The highest BCUT2D eigenvalue weighted by Gasteiger charge is 2.17. The van der Waals surface area contributed by atoms with Gasteiger partial charge in [0, 0.05) is 18.2 Å². The lowest BCUT2D eigenvalue weighted by Crippen LogP contribution is -2.26. The normalized spacial score (nSPS) is 12.2. The zero-order valence-electron chi connectivity index (χ0n) is 11.6. The summed E-state index contributed by atoms with van der Waals surface area (Å²) in [6.45, 7) is 10.4. The number of carbonyl (C=O) groups is 2. The molecule has 0 saturated heterocycles. The highest BCUT2D eigenvalue weighted by molar-refractivity contribution is 8.13. The van der Waals surface area contributed by atoms with Crippen LogP contribution in [0.5, 0.6) is 0 Å². The fraction of sp³-hybridized carbons (Fsp3) is 0.750. The van der Waals surface area contributed by atoms with E-state index in [1.807, 2.05) is 0 Å². The molecule has 0 atom stereocenters. The molecule has 6 heteroatoms. The van der Waals surface area contributed by atoms with E-state index in [9.17, 15) is 9.59 Å². The van der Waals surface area contributed by atoms with Crippen LogP contribution < -0.4 is 5.73 Å². The molecule has 5 nitrogen and oxygen atoms in total. The Kier molecular flexibility index (Phi) is 8.66. The summed E-state index contributed by atoms with van der Waals surface area (Å²) in [4.78, 5) is 28.5. The number of Topliss-reactive ketones (excluding diaryl/α,β-unsaturated/α-hetero) is 1. The van der Waals surface area contributed by atoms with Crippen molar-refractivity contribution in [2.75, 3.05) is 25.4 Å². The first-order valence-electron chi connectivity index (χ1n) is 6.19. The van der Waals surface area contributed by atoms with Gasteiger partial charge in [0.2, 0.25) is 5.78 Å². The second-order valence-corrected chi connectivity index (χ2v) is 5.26. The van der Waals surface area contributed by atoms with Gasteiger partial charge in [0.1, 0.15) is 0 Å². The third-order valence-electron chi connectivity index (χ3n) is 2.50. The van der Waals surface area contributed by atoms with E-state index in [1.165, 1.54) is 11.8 Å². The molecule has 2 N–H and O–H groups in total. The molecule has 18 heavy (non-hydrogen) atoms. The Hall–Kier alpha value is -0.880. The van der Waals surface area contributed by atoms with Crippen LogP contribution in [-0.2, 0) is 9.59 Å². The lowest BCUT2D eigenvalue weighted by molar-refractivity contribution is -0.137. The highest BCUT2D eigenvalue weighted by Crippen LogP contribution is 2.03. The Labute approximate surface area is 113 Å². The summed E-state index contributed by atoms with van der Waals surface area (Å²) < 4.78 is 0. The van der Waals surface area contributed by atoms with Crippen LogP contribution >= 0.6 is 11.8 Å². The first kappa shape index (κ1) is 17.1. The lowest BCUT2D eigenvalue weighted by Gasteiger charge is -2.16. The number of rotatable bonds is 7. The van der Waals surface area contributed by atoms with Crippen LogP contribution in [0.4, 0.5) is 0 Å². The molecule has 0 aromatic carbocycles. The Morgan fingerprint density at radius 2 is 1.83 bits per heavy atom. The molecule has 0 bridgehead atoms. The lowest BCUT2D eigenvalue weighted by atomic mass is 10.1. The van der Waals surface area contributed by atoms with E-state index in [2.05, 4.69) is 23.7 Å². The van der Waals surface area contributed by atoms with Crippen LogP contribution in [0, 0.1) is 5.92 Å². The molecule has 0 radical (unpaired) electrons. The zero-order chi connectivity index (χ0) is 14.1. The summed E-state index contributed by atoms with van der Waals surface area (Å²) in [5.74, 6) is -0.824. The average Bonchev–Trinajstić information content (AvgIpc) is 2.33. The molecular formula is C12H23N3O2S. The third-order valence-corrected chi connectivity index (χ3v) is 3.27. The molecule has 0 fully saturated rings. The fourth-order valence-electron chi connectivity index (χ4n) is 1.25. The first-order chi connectivity index (χ1) is 8.42. The Bertz CT molecular complexity index is 312. The summed E-state index contributed by atoms with van der Waals surface area (Å²) in [5.41, 5.74) is 5.60. The highest BCUT2D eigenvalue weighted by atomic mass is 32.2. The van der Waals surface area contributed by atoms with Gasteiger partial charge in [0.15, 0.2) is 5.17 Å². The number of aliphatic imine (C=N–C) groups is 1. The summed E-state index contributed by atoms with van der Waals surface area (Å²) in [6, 6.07) is 0. The van der Waals surface area contributed by atoms with Gasteiger partial charge >= 0.3 is 5.91 Å². The molecule has 0 aliphatic rings. The largest absolute Gasteiger partial charge is 0.378 e. The second kappa shape index (κ2) is 9.10. The summed E-state index contributed by atoms with van der Waals surface area (Å²) >= 11 is 1.31. The molecule has 0 unspecified atom stereocenters. The second-order valence-electron chi connectivity index (χ2n) is 4.15. The van der Waals surface area contributed by atoms with Crippen LogP contribution in [0.2, 0.25) is 0 Å². The minimum absolute atomic E-state index is 0.168. The van der Waals surface area contributed by atoms with E-state index in [0.717, 1.165) is 25.4 Å². The molecule has 0 aliphatic carbocycles. The maximum absolute atomic E-state index is 11.4. The van der Waals surface area contributed by atoms with Crippen LogP contribution in [0.3, 0.4) is 0 Å². The number of amides is 1. The fourth-order valence-corrected chi connectivity index (χ4v) is 1.96. The van der Waals surface area contributed by atoms with Crippen molar-refractivity contribution in [3.63, 3.8) is 0 Å². The van der Waals surface area contributed by atoms with Gasteiger partial charge in [-0.3, -0.25) is 9.59 Å². The Morgan fingerprint density at radius 1 is 1.28 bits per heavy atom. The van der Waals surface area contributed by atoms with E-state index < -0.39 is 11.7 Å². The van der Waals surface area contributed by atoms with Crippen molar-refractivity contribution in [3.05, 3.63) is 0 Å². The number of ketones is 1. The van der Waals surface area contributed by atoms with Crippen LogP contribution in [0.25, 0.3) is 0 Å². The minimum atomic E-state index is -0.752.